The molecule has 0 bridgehead atoms. The molecule has 0 saturated heterocycles. The molecule has 3 heterocycles. The molecule has 0 aliphatic rings. The number of nitrogens with zero attached hydrogens (tertiary/aromatic N) is 5. The predicted molar refractivity (Wildman–Crippen MR) is 131 cm³/mol. The second-order valence-corrected chi connectivity index (χ2v) is 7.79. The lowest BCUT2D eigenvalue weighted by Gasteiger charge is -2.11. The summed E-state index contributed by atoms with van der Waals surface area (Å²) in [4.78, 5) is 25.2. The molecule has 1 aromatic carbocycles. The van der Waals surface area contributed by atoms with E-state index >= 15 is 0 Å². The number of hydrogen-bond donors (Lipinski definition) is 3. The van der Waals surface area contributed by atoms with Crippen molar-refractivity contribution in [2.45, 2.75) is 33.0 Å². The van der Waals surface area contributed by atoms with Crippen LogP contribution in [0.15, 0.2) is 55.1 Å². The maximum absolute atomic E-state index is 12.8. The molecule has 0 aliphatic heterocycles. The number of methoxy groups -OCH3 is 1. The SMILES string of the molecule is [B]c1cnc(OC)c(CNC(=O)c2cccc(NCc3[nH]nc(-c4ccncn4)[n+]3CCC)c2)c1. The summed E-state index contributed by atoms with van der Waals surface area (Å²) < 4.78 is 7.34. The number of hydrogen-bond acceptors (Lipinski definition) is 7. The summed E-state index contributed by atoms with van der Waals surface area (Å²) in [5.41, 5.74) is 3.29. The summed E-state index contributed by atoms with van der Waals surface area (Å²) in [6, 6.07) is 10.9. The Morgan fingerprint density at radius 3 is 2.86 bits per heavy atom. The second kappa shape index (κ2) is 11.2. The maximum atomic E-state index is 12.8. The average Bonchev–Trinajstić information content (AvgIpc) is 3.29. The number of carbonyl (C=O) groups excluding carboxylic acids is 1. The first-order valence-corrected chi connectivity index (χ1v) is 11.2. The van der Waals surface area contributed by atoms with Gasteiger partial charge in [0.1, 0.15) is 26.4 Å². The second-order valence-electron chi connectivity index (χ2n) is 7.79. The Morgan fingerprint density at radius 1 is 1.20 bits per heavy atom. The van der Waals surface area contributed by atoms with Gasteiger partial charge in [-0.2, -0.15) is 0 Å². The van der Waals surface area contributed by atoms with Gasteiger partial charge in [-0.1, -0.05) is 24.5 Å². The van der Waals surface area contributed by atoms with Crippen LogP contribution < -0.4 is 25.4 Å². The third-order valence-electron chi connectivity index (χ3n) is 5.29. The first-order chi connectivity index (χ1) is 17.1. The average molecular weight is 469 g/mol. The Hall–Kier alpha value is -4.28. The van der Waals surface area contributed by atoms with E-state index in [1.54, 1.807) is 24.4 Å². The van der Waals surface area contributed by atoms with E-state index in [0.29, 0.717) is 29.0 Å². The molecule has 35 heavy (non-hydrogen) atoms. The third-order valence-corrected chi connectivity index (χ3v) is 5.29. The van der Waals surface area contributed by atoms with Gasteiger partial charge in [-0.05, 0) is 30.7 Å². The Labute approximate surface area is 204 Å². The molecule has 0 aliphatic carbocycles. The van der Waals surface area contributed by atoms with Crippen LogP contribution in [-0.2, 0) is 19.6 Å². The topological polar surface area (TPSA) is 122 Å². The van der Waals surface area contributed by atoms with Gasteiger partial charge in [-0.25, -0.2) is 19.5 Å². The van der Waals surface area contributed by atoms with Crippen LogP contribution in [0.5, 0.6) is 5.88 Å². The van der Waals surface area contributed by atoms with Gasteiger partial charge in [0.2, 0.25) is 5.88 Å². The standard InChI is InChI=1S/C24H25BN8O2/c1-3-9-33-21(31-32-22(33)20-7-8-26-15-30-20)14-27-19-6-4-5-16(11-19)23(34)28-12-17-10-18(25)13-29-24(17)35-2/h4-8,10-11,13,15,27H,3,9,12,14H2,1-2H3,(H,28,34)/p+1. The van der Waals surface area contributed by atoms with Crippen LogP contribution >= 0.6 is 0 Å². The zero-order valence-electron chi connectivity index (χ0n) is 19.7. The molecule has 0 atom stereocenters. The van der Waals surface area contributed by atoms with Crippen molar-refractivity contribution >= 4 is 24.9 Å². The number of amides is 1. The monoisotopic (exact) mass is 469 g/mol. The molecule has 0 unspecified atom stereocenters. The van der Waals surface area contributed by atoms with Crippen molar-refractivity contribution in [3.63, 3.8) is 0 Å². The lowest BCUT2D eigenvalue weighted by molar-refractivity contribution is -0.693. The highest BCUT2D eigenvalue weighted by molar-refractivity contribution is 6.32. The van der Waals surface area contributed by atoms with Gasteiger partial charge in [-0.3, -0.25) is 4.79 Å². The molecule has 3 aromatic heterocycles. The highest BCUT2D eigenvalue weighted by atomic mass is 16.5. The Bertz CT molecular complexity index is 1300. The smallest absolute Gasteiger partial charge is 0.327 e. The number of pyridine rings is 1. The van der Waals surface area contributed by atoms with Gasteiger partial charge in [0, 0.05) is 40.9 Å². The molecule has 10 nitrogen and oxygen atoms in total. The zero-order chi connectivity index (χ0) is 24.6. The largest absolute Gasteiger partial charge is 0.481 e. The van der Waals surface area contributed by atoms with Crippen molar-refractivity contribution in [3.05, 3.63) is 72.1 Å². The van der Waals surface area contributed by atoms with Crippen molar-refractivity contribution in [1.29, 1.82) is 0 Å². The lowest BCUT2D eigenvalue weighted by atomic mass is 9.97. The van der Waals surface area contributed by atoms with E-state index in [-0.39, 0.29) is 12.5 Å². The normalized spacial score (nSPS) is 10.7. The van der Waals surface area contributed by atoms with Crippen LogP contribution in [0.4, 0.5) is 5.69 Å². The molecule has 4 aromatic rings. The number of H-pyrrole nitrogens is 1. The first kappa shape index (κ1) is 23.9. The first-order valence-electron chi connectivity index (χ1n) is 11.2. The van der Waals surface area contributed by atoms with Gasteiger partial charge in [0.05, 0.1) is 13.7 Å². The molecule has 0 saturated carbocycles. The van der Waals surface area contributed by atoms with E-state index in [2.05, 4.69) is 47.3 Å². The highest BCUT2D eigenvalue weighted by Crippen LogP contribution is 2.15. The number of aromatic nitrogens is 6. The van der Waals surface area contributed by atoms with E-state index in [9.17, 15) is 4.79 Å². The fraction of sp³-hybridized carbons (Fsp3) is 0.250. The molecule has 0 fully saturated rings. The summed E-state index contributed by atoms with van der Waals surface area (Å²) in [7, 11) is 7.34. The lowest BCUT2D eigenvalue weighted by Crippen LogP contribution is -2.39. The van der Waals surface area contributed by atoms with Crippen LogP contribution in [0.2, 0.25) is 0 Å². The molecule has 176 valence electrons. The Morgan fingerprint density at radius 2 is 2.09 bits per heavy atom. The van der Waals surface area contributed by atoms with E-state index in [1.165, 1.54) is 19.6 Å². The quantitative estimate of drug-likeness (QED) is 0.237. The highest BCUT2D eigenvalue weighted by Gasteiger charge is 2.22. The van der Waals surface area contributed by atoms with Gasteiger partial charge in [0.25, 0.3) is 11.7 Å². The minimum atomic E-state index is -0.216. The molecule has 1 amide bonds. The summed E-state index contributed by atoms with van der Waals surface area (Å²) in [6.45, 7) is 3.64. The van der Waals surface area contributed by atoms with E-state index < -0.39 is 0 Å². The van der Waals surface area contributed by atoms with Gasteiger partial charge < -0.3 is 15.4 Å². The summed E-state index contributed by atoms with van der Waals surface area (Å²) in [5, 5.41) is 13.8. The molecule has 4 rings (SSSR count). The number of nitrogens with one attached hydrogen (secondary N) is 3. The van der Waals surface area contributed by atoms with Crippen molar-refractivity contribution < 1.29 is 14.1 Å². The Kier molecular flexibility index (Phi) is 7.66. The molecule has 2 radical (unpaired) electrons. The zero-order valence-corrected chi connectivity index (χ0v) is 19.7. The third kappa shape index (κ3) is 5.81. The van der Waals surface area contributed by atoms with Crippen molar-refractivity contribution in [1.82, 2.24) is 30.5 Å². The Balaban J connectivity index is 1.43. The minimum absolute atomic E-state index is 0.216. The van der Waals surface area contributed by atoms with Gasteiger partial charge >= 0.3 is 5.82 Å². The van der Waals surface area contributed by atoms with Crippen molar-refractivity contribution in [2.24, 2.45) is 0 Å². The van der Waals surface area contributed by atoms with Crippen LogP contribution in [0.25, 0.3) is 11.5 Å². The van der Waals surface area contributed by atoms with Gasteiger partial charge in [0.15, 0.2) is 0 Å². The molecule has 0 spiro atoms. The van der Waals surface area contributed by atoms with Crippen molar-refractivity contribution in [2.75, 3.05) is 12.4 Å². The molecule has 11 heteroatoms. The number of benzene rings is 1. The molecular formula is C24H26BN8O2+. The fourth-order valence-corrected chi connectivity index (χ4v) is 3.64. The number of aromatic amines is 1. The van der Waals surface area contributed by atoms with E-state index in [4.69, 9.17) is 12.6 Å². The predicted octanol–water partition coefficient (Wildman–Crippen LogP) is 1.30. The summed E-state index contributed by atoms with van der Waals surface area (Å²) in [6.07, 6.45) is 5.66. The molecule has 3 N–H and O–H groups in total. The number of rotatable bonds is 10. The van der Waals surface area contributed by atoms with E-state index in [0.717, 1.165) is 36.0 Å². The van der Waals surface area contributed by atoms with Crippen LogP contribution in [-0.4, -0.2) is 46.0 Å². The van der Waals surface area contributed by atoms with Crippen molar-refractivity contribution in [3.8, 4) is 17.4 Å². The molecular weight excluding hydrogens is 443 g/mol. The number of carbonyl (C=O) groups is 1. The van der Waals surface area contributed by atoms with Crippen LogP contribution in [0, 0.1) is 0 Å². The summed E-state index contributed by atoms with van der Waals surface area (Å²) >= 11 is 0. The fourth-order valence-electron chi connectivity index (χ4n) is 3.64. The minimum Gasteiger partial charge on any atom is -0.481 e. The van der Waals surface area contributed by atoms with E-state index in [1.807, 2.05) is 18.2 Å². The van der Waals surface area contributed by atoms with Crippen LogP contribution in [0.1, 0.15) is 35.1 Å². The van der Waals surface area contributed by atoms with Gasteiger partial charge in [-0.15, -0.1) is 5.10 Å². The number of anilines is 1. The summed E-state index contributed by atoms with van der Waals surface area (Å²) in [5.74, 6) is 1.87. The number of ether oxygens (including phenoxy) is 1. The van der Waals surface area contributed by atoms with Crippen LogP contribution in [0.3, 0.4) is 0 Å². The maximum Gasteiger partial charge on any atom is 0.327 e.